The zero-order valence-electron chi connectivity index (χ0n) is 17.5. The van der Waals surface area contributed by atoms with Crippen LogP contribution in [0.15, 0.2) is 63.4 Å². The van der Waals surface area contributed by atoms with Gasteiger partial charge >= 0.3 is 0 Å². The lowest BCUT2D eigenvalue weighted by Gasteiger charge is -2.31. The van der Waals surface area contributed by atoms with Crippen molar-refractivity contribution in [2.24, 2.45) is 7.05 Å². The fourth-order valence-corrected chi connectivity index (χ4v) is 5.22. The van der Waals surface area contributed by atoms with Crippen molar-refractivity contribution >= 4 is 43.8 Å². The fraction of sp³-hybridized carbons (Fsp3) is 0.250. The summed E-state index contributed by atoms with van der Waals surface area (Å²) in [5.74, 6) is -0.387. The van der Waals surface area contributed by atoms with Crippen LogP contribution in [0.3, 0.4) is 0 Å². The maximum atomic E-state index is 13.1. The molecule has 0 spiro atoms. The van der Waals surface area contributed by atoms with Gasteiger partial charge in [-0.2, -0.15) is 10.4 Å². The molecule has 1 aliphatic rings. The van der Waals surface area contributed by atoms with Crippen molar-refractivity contribution in [3.8, 4) is 17.2 Å². The Morgan fingerprint density at radius 1 is 1.19 bits per heavy atom. The van der Waals surface area contributed by atoms with Crippen molar-refractivity contribution in [2.75, 3.05) is 0 Å². The number of halogens is 2. The number of aromatic nitrogens is 3. The maximum Gasteiger partial charge on any atom is 0.262 e. The quantitative estimate of drug-likeness (QED) is 0.333. The van der Waals surface area contributed by atoms with Crippen molar-refractivity contribution in [1.82, 2.24) is 20.1 Å². The molecule has 2 heterocycles. The zero-order chi connectivity index (χ0) is 22.7. The lowest BCUT2D eigenvalue weighted by Crippen LogP contribution is -2.44. The van der Waals surface area contributed by atoms with E-state index in [1.165, 1.54) is 6.08 Å². The number of carbonyl (C=O) groups is 1. The molecule has 162 valence electrons. The van der Waals surface area contributed by atoms with Crippen LogP contribution in [0.5, 0.6) is 0 Å². The molecule has 1 fully saturated rings. The molecular weight excluding hydrogens is 534 g/mol. The van der Waals surface area contributed by atoms with E-state index in [-0.39, 0.29) is 11.5 Å². The average Bonchev–Trinajstić information content (AvgIpc) is 3.43. The minimum atomic E-state index is -0.481. The first-order chi connectivity index (χ1) is 15.4. The number of nitriles is 1. The third-order valence-electron chi connectivity index (χ3n) is 5.77. The van der Waals surface area contributed by atoms with Gasteiger partial charge in [0, 0.05) is 34.0 Å². The van der Waals surface area contributed by atoms with Gasteiger partial charge in [0.15, 0.2) is 0 Å². The fourth-order valence-electron chi connectivity index (χ4n) is 4.12. The van der Waals surface area contributed by atoms with Crippen LogP contribution < -0.4 is 5.32 Å². The van der Waals surface area contributed by atoms with Crippen LogP contribution in [-0.2, 0) is 17.4 Å². The third kappa shape index (κ3) is 4.69. The van der Waals surface area contributed by atoms with Crippen LogP contribution in [0, 0.1) is 11.3 Å². The molecule has 3 aromatic rings. The number of nitrogens with zero attached hydrogens (tertiary/aromatic N) is 4. The predicted molar refractivity (Wildman–Crippen MR) is 130 cm³/mol. The van der Waals surface area contributed by atoms with E-state index in [1.807, 2.05) is 31.6 Å². The largest absolute Gasteiger partial charge is 0.342 e. The number of aryl methyl sites for hydroxylation is 1. The molecule has 0 aliphatic heterocycles. The first-order valence-electron chi connectivity index (χ1n) is 10.3. The second-order valence-electron chi connectivity index (χ2n) is 7.91. The minimum absolute atomic E-state index is 0.0266. The predicted octanol–water partition coefficient (Wildman–Crippen LogP) is 5.50. The third-order valence-corrected chi connectivity index (χ3v) is 6.84. The topological polar surface area (TPSA) is 83.6 Å². The Morgan fingerprint density at radius 2 is 1.91 bits per heavy atom. The molecule has 32 heavy (non-hydrogen) atoms. The number of benzene rings is 1. The van der Waals surface area contributed by atoms with Gasteiger partial charge in [-0.25, -0.2) is 0 Å². The number of hydrogen-bond acceptors (Lipinski definition) is 4. The smallest absolute Gasteiger partial charge is 0.262 e. The molecule has 0 radical (unpaired) electrons. The van der Waals surface area contributed by atoms with E-state index in [0.717, 1.165) is 46.8 Å². The SMILES string of the molecule is Cn1cc(-c2ccc(C3(NC(=O)/C(C#N)=C/c4ncc(Br)cc4Br)CCCC3)cc2)cn1. The molecule has 0 atom stereocenters. The summed E-state index contributed by atoms with van der Waals surface area (Å²) in [5.41, 5.74) is 3.25. The van der Waals surface area contributed by atoms with Crippen molar-refractivity contribution in [3.05, 3.63) is 74.7 Å². The van der Waals surface area contributed by atoms with Gasteiger partial charge < -0.3 is 5.32 Å². The highest BCUT2D eigenvalue weighted by Crippen LogP contribution is 2.39. The van der Waals surface area contributed by atoms with Crippen LogP contribution >= 0.6 is 31.9 Å². The van der Waals surface area contributed by atoms with Gasteiger partial charge in [-0.3, -0.25) is 14.5 Å². The van der Waals surface area contributed by atoms with Crippen molar-refractivity contribution in [3.63, 3.8) is 0 Å². The van der Waals surface area contributed by atoms with E-state index in [1.54, 1.807) is 10.9 Å². The van der Waals surface area contributed by atoms with Gasteiger partial charge in [0.25, 0.3) is 5.91 Å². The molecule has 1 saturated carbocycles. The first-order valence-corrected chi connectivity index (χ1v) is 11.8. The number of hydrogen-bond donors (Lipinski definition) is 1. The van der Waals surface area contributed by atoms with Gasteiger partial charge in [0.2, 0.25) is 0 Å². The van der Waals surface area contributed by atoms with Gasteiger partial charge in [-0.1, -0.05) is 37.1 Å². The Morgan fingerprint density at radius 3 is 2.50 bits per heavy atom. The molecule has 0 unspecified atom stereocenters. The highest BCUT2D eigenvalue weighted by Gasteiger charge is 2.37. The summed E-state index contributed by atoms with van der Waals surface area (Å²) in [5, 5.41) is 17.1. The van der Waals surface area contributed by atoms with E-state index < -0.39 is 5.54 Å². The minimum Gasteiger partial charge on any atom is -0.342 e. The Hall–Kier alpha value is -2.76. The molecule has 1 N–H and O–H groups in total. The molecule has 0 saturated heterocycles. The van der Waals surface area contributed by atoms with Crippen LogP contribution in [0.1, 0.15) is 36.9 Å². The Bertz CT molecular complexity index is 1220. The highest BCUT2D eigenvalue weighted by atomic mass is 79.9. The summed E-state index contributed by atoms with van der Waals surface area (Å²) < 4.78 is 3.29. The van der Waals surface area contributed by atoms with Crippen LogP contribution in [0.4, 0.5) is 0 Å². The lowest BCUT2D eigenvalue weighted by molar-refractivity contribution is -0.119. The molecule has 1 aliphatic carbocycles. The Kier molecular flexibility index (Phi) is 6.58. The lowest BCUT2D eigenvalue weighted by atomic mass is 9.87. The van der Waals surface area contributed by atoms with E-state index in [4.69, 9.17) is 0 Å². The van der Waals surface area contributed by atoms with Crippen molar-refractivity contribution in [2.45, 2.75) is 31.2 Å². The molecular formula is C24H21Br2N5O. The number of pyridine rings is 1. The van der Waals surface area contributed by atoms with E-state index >= 15 is 0 Å². The van der Waals surface area contributed by atoms with Gasteiger partial charge in [0.05, 0.1) is 17.4 Å². The van der Waals surface area contributed by atoms with Gasteiger partial charge in [-0.05, 0) is 68.0 Å². The van der Waals surface area contributed by atoms with Crippen LogP contribution in [0.25, 0.3) is 17.2 Å². The standard InChI is InChI=1S/C24H21Br2N5O/c1-31-15-18(13-29-31)16-4-6-19(7-5-16)24(8-2-3-9-24)30-23(32)17(12-27)10-22-21(26)11-20(25)14-28-22/h4-7,10-11,13-15H,2-3,8-9H2,1H3,(H,30,32)/b17-10+. The zero-order valence-corrected chi connectivity index (χ0v) is 20.6. The van der Waals surface area contributed by atoms with Gasteiger partial charge in [-0.15, -0.1) is 0 Å². The molecule has 4 rings (SSSR count). The van der Waals surface area contributed by atoms with Crippen molar-refractivity contribution < 1.29 is 4.79 Å². The number of carbonyl (C=O) groups excluding carboxylic acids is 1. The second-order valence-corrected chi connectivity index (χ2v) is 9.68. The molecule has 2 aromatic heterocycles. The Balaban J connectivity index is 1.60. The van der Waals surface area contributed by atoms with E-state index in [2.05, 4.69) is 71.5 Å². The monoisotopic (exact) mass is 553 g/mol. The normalized spacial score (nSPS) is 15.4. The van der Waals surface area contributed by atoms with Gasteiger partial charge in [0.1, 0.15) is 11.6 Å². The van der Waals surface area contributed by atoms with Crippen molar-refractivity contribution in [1.29, 1.82) is 5.26 Å². The van der Waals surface area contributed by atoms with Crippen LogP contribution in [0.2, 0.25) is 0 Å². The maximum absolute atomic E-state index is 13.1. The summed E-state index contributed by atoms with van der Waals surface area (Å²) in [6.07, 6.45) is 10.7. The molecule has 1 amide bonds. The second kappa shape index (κ2) is 9.39. The molecule has 8 heteroatoms. The van der Waals surface area contributed by atoms with E-state index in [9.17, 15) is 10.1 Å². The number of rotatable bonds is 5. The average molecular weight is 555 g/mol. The van der Waals surface area contributed by atoms with E-state index in [0.29, 0.717) is 10.2 Å². The summed E-state index contributed by atoms with van der Waals surface area (Å²) >= 11 is 6.79. The highest BCUT2D eigenvalue weighted by molar-refractivity contribution is 9.11. The Labute approximate surface area is 203 Å². The van der Waals surface area contributed by atoms with Crippen LogP contribution in [-0.4, -0.2) is 20.7 Å². The summed E-state index contributed by atoms with van der Waals surface area (Å²) in [6, 6.07) is 12.1. The number of nitrogens with one attached hydrogen (secondary N) is 1. The molecule has 6 nitrogen and oxygen atoms in total. The summed E-state index contributed by atoms with van der Waals surface area (Å²) in [4.78, 5) is 17.4. The first kappa shape index (κ1) is 22.4. The number of amides is 1. The summed E-state index contributed by atoms with van der Waals surface area (Å²) in [7, 11) is 1.89. The molecule has 1 aromatic carbocycles. The summed E-state index contributed by atoms with van der Waals surface area (Å²) in [6.45, 7) is 0. The molecule has 0 bridgehead atoms.